The van der Waals surface area contributed by atoms with Gasteiger partial charge in [0.15, 0.2) is 11.5 Å². The third-order valence-corrected chi connectivity index (χ3v) is 4.55. The average Bonchev–Trinajstić information content (AvgIpc) is 3.22. The van der Waals surface area contributed by atoms with E-state index in [2.05, 4.69) is 16.0 Å². The van der Waals surface area contributed by atoms with Crippen molar-refractivity contribution in [3.05, 3.63) is 60.3 Å². The molecule has 0 radical (unpaired) electrons. The minimum atomic E-state index is -0.468. The van der Waals surface area contributed by atoms with E-state index in [4.69, 9.17) is 9.47 Å². The molecule has 0 aliphatic carbocycles. The molecular formula is C23H26N4O4. The first kappa shape index (κ1) is 21.9. The molecule has 0 aliphatic heterocycles. The van der Waals surface area contributed by atoms with Gasteiger partial charge in [-0.15, -0.1) is 0 Å². The molecule has 2 N–H and O–H groups in total. The Labute approximate surface area is 181 Å². The van der Waals surface area contributed by atoms with Crippen LogP contribution in [-0.4, -0.2) is 35.8 Å². The third-order valence-electron chi connectivity index (χ3n) is 4.55. The molecule has 8 nitrogen and oxygen atoms in total. The van der Waals surface area contributed by atoms with Gasteiger partial charge in [-0.05, 0) is 36.2 Å². The molecule has 0 fully saturated rings. The van der Waals surface area contributed by atoms with Gasteiger partial charge in [-0.1, -0.05) is 32.0 Å². The summed E-state index contributed by atoms with van der Waals surface area (Å²) in [6, 6.07) is 14.8. The van der Waals surface area contributed by atoms with Crippen molar-refractivity contribution < 1.29 is 19.1 Å². The minimum Gasteiger partial charge on any atom is -0.493 e. The van der Waals surface area contributed by atoms with Gasteiger partial charge >= 0.3 is 0 Å². The molecule has 2 amide bonds. The van der Waals surface area contributed by atoms with Crippen molar-refractivity contribution in [1.82, 2.24) is 20.6 Å². The van der Waals surface area contributed by atoms with E-state index in [1.165, 1.54) is 0 Å². The zero-order chi connectivity index (χ0) is 22.4. The van der Waals surface area contributed by atoms with E-state index in [1.807, 2.05) is 44.2 Å². The van der Waals surface area contributed by atoms with Gasteiger partial charge in [0.05, 0.1) is 25.5 Å². The first-order chi connectivity index (χ1) is 14.9. The van der Waals surface area contributed by atoms with Crippen LogP contribution in [0.4, 0.5) is 0 Å². The summed E-state index contributed by atoms with van der Waals surface area (Å²) in [5.74, 6) is 0.544. The van der Waals surface area contributed by atoms with Crippen LogP contribution in [0, 0.1) is 5.92 Å². The first-order valence-electron chi connectivity index (χ1n) is 9.89. The lowest BCUT2D eigenvalue weighted by Gasteiger charge is -2.10. The van der Waals surface area contributed by atoms with Crippen LogP contribution in [0.2, 0.25) is 0 Å². The van der Waals surface area contributed by atoms with E-state index in [-0.39, 0.29) is 11.8 Å². The van der Waals surface area contributed by atoms with Crippen molar-refractivity contribution >= 4 is 11.8 Å². The highest BCUT2D eigenvalue weighted by molar-refractivity contribution is 6.00. The predicted molar refractivity (Wildman–Crippen MR) is 117 cm³/mol. The predicted octanol–water partition coefficient (Wildman–Crippen LogP) is 3.36. The number of hydrogen-bond acceptors (Lipinski definition) is 5. The van der Waals surface area contributed by atoms with E-state index >= 15 is 0 Å². The number of hydrazine groups is 1. The van der Waals surface area contributed by atoms with Crippen LogP contribution in [-0.2, 0) is 4.79 Å². The fourth-order valence-electron chi connectivity index (χ4n) is 3.07. The number of nitrogens with zero attached hydrogens (tertiary/aromatic N) is 2. The standard InChI is InChI=1S/C23H26N4O4/c1-15(2)12-21(28)24-25-23(29)18-14-27(17-8-6-5-7-9-17)26-22(18)16-10-11-19(30-3)20(13-16)31-4/h5-11,13-15H,12H2,1-4H3,(H,24,28)(H,25,29). The first-order valence-corrected chi connectivity index (χ1v) is 9.89. The fraction of sp³-hybridized carbons (Fsp3) is 0.261. The van der Waals surface area contributed by atoms with E-state index < -0.39 is 5.91 Å². The van der Waals surface area contributed by atoms with Crippen LogP contribution in [0.15, 0.2) is 54.7 Å². The van der Waals surface area contributed by atoms with E-state index in [1.54, 1.807) is 43.3 Å². The van der Waals surface area contributed by atoms with Crippen molar-refractivity contribution in [2.24, 2.45) is 5.92 Å². The SMILES string of the molecule is COc1ccc(-c2nn(-c3ccccc3)cc2C(=O)NNC(=O)CC(C)C)cc1OC. The van der Waals surface area contributed by atoms with Crippen molar-refractivity contribution in [3.8, 4) is 28.4 Å². The summed E-state index contributed by atoms with van der Waals surface area (Å²) < 4.78 is 12.3. The van der Waals surface area contributed by atoms with Gasteiger partial charge in [-0.2, -0.15) is 5.10 Å². The smallest absolute Gasteiger partial charge is 0.273 e. The highest BCUT2D eigenvalue weighted by Gasteiger charge is 2.20. The van der Waals surface area contributed by atoms with Crippen molar-refractivity contribution in [2.75, 3.05) is 14.2 Å². The Morgan fingerprint density at radius 2 is 1.71 bits per heavy atom. The number of carbonyl (C=O) groups excluding carboxylic acids is 2. The molecule has 0 saturated carbocycles. The number of hydrogen-bond donors (Lipinski definition) is 2. The van der Waals surface area contributed by atoms with Crippen LogP contribution in [0.3, 0.4) is 0 Å². The largest absolute Gasteiger partial charge is 0.493 e. The second kappa shape index (κ2) is 9.80. The van der Waals surface area contributed by atoms with Gasteiger partial charge in [-0.3, -0.25) is 20.4 Å². The maximum absolute atomic E-state index is 12.9. The molecule has 0 aliphatic rings. The zero-order valence-corrected chi connectivity index (χ0v) is 18.0. The highest BCUT2D eigenvalue weighted by atomic mass is 16.5. The molecule has 3 aromatic rings. The number of methoxy groups -OCH3 is 2. The summed E-state index contributed by atoms with van der Waals surface area (Å²) in [7, 11) is 3.10. The van der Waals surface area contributed by atoms with Gasteiger partial charge < -0.3 is 9.47 Å². The number of carbonyl (C=O) groups is 2. The molecule has 0 unspecified atom stereocenters. The molecule has 162 valence electrons. The van der Waals surface area contributed by atoms with Gasteiger partial charge in [-0.25, -0.2) is 4.68 Å². The van der Waals surface area contributed by atoms with Crippen LogP contribution < -0.4 is 20.3 Å². The number of para-hydroxylation sites is 1. The summed E-state index contributed by atoms with van der Waals surface area (Å²) in [5, 5.41) is 4.62. The number of benzene rings is 2. The maximum Gasteiger partial charge on any atom is 0.273 e. The fourth-order valence-corrected chi connectivity index (χ4v) is 3.07. The zero-order valence-electron chi connectivity index (χ0n) is 18.0. The second-order valence-electron chi connectivity index (χ2n) is 7.34. The van der Waals surface area contributed by atoms with E-state index in [9.17, 15) is 9.59 Å². The summed E-state index contributed by atoms with van der Waals surface area (Å²) in [4.78, 5) is 24.9. The van der Waals surface area contributed by atoms with Gasteiger partial charge in [0.1, 0.15) is 5.69 Å². The number of rotatable bonds is 7. The number of amides is 2. The number of ether oxygens (including phenoxy) is 2. The van der Waals surface area contributed by atoms with Crippen molar-refractivity contribution in [1.29, 1.82) is 0 Å². The van der Waals surface area contributed by atoms with Gasteiger partial charge in [0.25, 0.3) is 5.91 Å². The number of aromatic nitrogens is 2. The van der Waals surface area contributed by atoms with Crippen molar-refractivity contribution in [3.63, 3.8) is 0 Å². The minimum absolute atomic E-state index is 0.181. The Kier molecular flexibility index (Phi) is 6.92. The topological polar surface area (TPSA) is 94.5 Å². The Hall–Kier alpha value is -3.81. The lowest BCUT2D eigenvalue weighted by Crippen LogP contribution is -2.42. The maximum atomic E-state index is 12.9. The van der Waals surface area contributed by atoms with Crippen molar-refractivity contribution in [2.45, 2.75) is 20.3 Å². The van der Waals surface area contributed by atoms with Gasteiger partial charge in [0, 0.05) is 18.2 Å². The van der Waals surface area contributed by atoms with Gasteiger partial charge in [0.2, 0.25) is 5.91 Å². The average molecular weight is 422 g/mol. The van der Waals surface area contributed by atoms with E-state index in [0.29, 0.717) is 34.7 Å². The summed E-state index contributed by atoms with van der Waals surface area (Å²) in [6.45, 7) is 3.86. The lowest BCUT2D eigenvalue weighted by atomic mass is 10.1. The monoisotopic (exact) mass is 422 g/mol. The van der Waals surface area contributed by atoms with Crippen LogP contribution >= 0.6 is 0 Å². The van der Waals surface area contributed by atoms with Crippen LogP contribution in [0.25, 0.3) is 16.9 Å². The molecule has 0 spiro atoms. The Morgan fingerprint density at radius 1 is 1.00 bits per heavy atom. The Balaban J connectivity index is 1.98. The number of nitrogens with one attached hydrogen (secondary N) is 2. The molecule has 0 bridgehead atoms. The third kappa shape index (κ3) is 5.22. The Bertz CT molecular complexity index is 1060. The second-order valence-corrected chi connectivity index (χ2v) is 7.34. The highest BCUT2D eigenvalue weighted by Crippen LogP contribution is 2.33. The molecular weight excluding hydrogens is 396 g/mol. The van der Waals surface area contributed by atoms with Crippen LogP contribution in [0.1, 0.15) is 30.6 Å². The molecule has 2 aromatic carbocycles. The van der Waals surface area contributed by atoms with E-state index in [0.717, 1.165) is 5.69 Å². The summed E-state index contributed by atoms with van der Waals surface area (Å²) in [6.07, 6.45) is 1.94. The normalized spacial score (nSPS) is 10.6. The van der Waals surface area contributed by atoms with Crippen LogP contribution in [0.5, 0.6) is 11.5 Å². The molecule has 3 rings (SSSR count). The molecule has 31 heavy (non-hydrogen) atoms. The summed E-state index contributed by atoms with van der Waals surface area (Å²) >= 11 is 0. The molecule has 1 heterocycles. The summed E-state index contributed by atoms with van der Waals surface area (Å²) in [5.41, 5.74) is 7.16. The lowest BCUT2D eigenvalue weighted by molar-refractivity contribution is -0.122. The molecule has 1 aromatic heterocycles. The Morgan fingerprint density at radius 3 is 2.35 bits per heavy atom. The molecule has 8 heteroatoms. The molecule has 0 saturated heterocycles. The molecule has 0 atom stereocenters. The quantitative estimate of drug-likeness (QED) is 0.570.